The van der Waals surface area contributed by atoms with Crippen LogP contribution in [0.5, 0.6) is 5.88 Å². The van der Waals surface area contributed by atoms with Crippen molar-refractivity contribution in [2.75, 3.05) is 31.2 Å². The number of aliphatic imine (C=N–C) groups is 1. The molecule has 0 amide bonds. The van der Waals surface area contributed by atoms with Crippen molar-refractivity contribution in [3.8, 4) is 5.88 Å². The van der Waals surface area contributed by atoms with E-state index in [1.54, 1.807) is 6.07 Å². The number of nitrogens with zero attached hydrogens (tertiary/aromatic N) is 4. The van der Waals surface area contributed by atoms with Gasteiger partial charge in [0, 0.05) is 33.4 Å². The first-order chi connectivity index (χ1) is 13.9. The lowest BCUT2D eigenvalue weighted by atomic mass is 10.2. The van der Waals surface area contributed by atoms with E-state index in [1.807, 2.05) is 6.07 Å². The van der Waals surface area contributed by atoms with Crippen molar-refractivity contribution in [1.29, 1.82) is 0 Å². The average molecular weight is 400 g/mol. The van der Waals surface area contributed by atoms with Crippen LogP contribution >= 0.6 is 0 Å². The van der Waals surface area contributed by atoms with Crippen molar-refractivity contribution in [2.45, 2.75) is 0 Å². The molecule has 3 N–H and O–H groups in total. The summed E-state index contributed by atoms with van der Waals surface area (Å²) in [6.07, 6.45) is 1.23. The molecule has 0 bridgehead atoms. The van der Waals surface area contributed by atoms with Gasteiger partial charge in [-0.15, -0.1) is 0 Å². The molecule has 3 aromatic rings. The van der Waals surface area contributed by atoms with Crippen LogP contribution in [0.3, 0.4) is 0 Å². The van der Waals surface area contributed by atoms with Gasteiger partial charge in [0.2, 0.25) is 5.88 Å². The summed E-state index contributed by atoms with van der Waals surface area (Å²) in [4.78, 5) is 47.9. The number of rotatable bonds is 3. The van der Waals surface area contributed by atoms with E-state index < -0.39 is 17.1 Å². The minimum absolute atomic E-state index is 0.106. The lowest BCUT2D eigenvalue weighted by Crippen LogP contribution is -2.38. The number of fused-ring (bicyclic) bond motifs is 1. The molecule has 1 aromatic carbocycles. The molecule has 1 fully saturated rings. The predicted octanol–water partition coefficient (Wildman–Crippen LogP) is -0.454. The van der Waals surface area contributed by atoms with Crippen LogP contribution in [-0.4, -0.2) is 56.7 Å². The van der Waals surface area contributed by atoms with Gasteiger partial charge < -0.3 is 24.7 Å². The first-order valence-electron chi connectivity index (χ1n) is 8.98. The van der Waals surface area contributed by atoms with Crippen LogP contribution in [-0.2, 0) is 18.8 Å². The summed E-state index contributed by atoms with van der Waals surface area (Å²) >= 11 is 0. The molecule has 0 spiro atoms. The maximum atomic E-state index is 12.4. The molecule has 29 heavy (non-hydrogen) atoms. The van der Waals surface area contributed by atoms with E-state index in [1.165, 1.54) is 20.3 Å². The molecular formula is C18H20N6O5. The Bertz CT molecular complexity index is 1290. The zero-order valence-corrected chi connectivity index (χ0v) is 15.9. The maximum absolute atomic E-state index is 12.4. The molecule has 11 heteroatoms. The highest BCUT2D eigenvalue weighted by Gasteiger charge is 2.18. The zero-order chi connectivity index (χ0) is 20.7. The van der Waals surface area contributed by atoms with Crippen molar-refractivity contribution in [3.05, 3.63) is 49.0 Å². The number of hydrogen-bond acceptors (Lipinski definition) is 7. The standard InChI is InChI=1S/C18H20N6O5/c1-22-15(25)10(16(26)23(2)18(22)28)9-19-13-7-11-12(21-17(27)20-11)8-14(13)24-3-5-29-6-4-24/h7-9,25H,3-6H2,1-2H3,(H2,20,21,27). The smallest absolute Gasteiger partial charge is 0.333 e. The number of morpholine rings is 1. The molecule has 3 heterocycles. The van der Waals surface area contributed by atoms with Crippen LogP contribution < -0.4 is 21.8 Å². The van der Waals surface area contributed by atoms with Gasteiger partial charge in [0.1, 0.15) is 5.56 Å². The average Bonchev–Trinajstić information content (AvgIpc) is 3.09. The van der Waals surface area contributed by atoms with Crippen molar-refractivity contribution < 1.29 is 9.84 Å². The lowest BCUT2D eigenvalue weighted by Gasteiger charge is -2.29. The molecule has 0 atom stereocenters. The van der Waals surface area contributed by atoms with Crippen LogP contribution in [0.25, 0.3) is 11.0 Å². The Morgan fingerprint density at radius 1 is 1.07 bits per heavy atom. The second-order valence-electron chi connectivity index (χ2n) is 6.77. The largest absolute Gasteiger partial charge is 0.494 e. The zero-order valence-electron chi connectivity index (χ0n) is 15.9. The summed E-state index contributed by atoms with van der Waals surface area (Å²) in [6.45, 7) is 2.42. The number of hydrogen-bond donors (Lipinski definition) is 3. The molecular weight excluding hydrogens is 380 g/mol. The topological polar surface area (TPSA) is 138 Å². The maximum Gasteiger partial charge on any atom is 0.333 e. The summed E-state index contributed by atoms with van der Waals surface area (Å²) in [7, 11) is 2.70. The van der Waals surface area contributed by atoms with Gasteiger partial charge in [-0.2, -0.15) is 0 Å². The van der Waals surface area contributed by atoms with Crippen LogP contribution in [0.15, 0.2) is 31.5 Å². The number of nitrogens with one attached hydrogen (secondary N) is 2. The highest BCUT2D eigenvalue weighted by atomic mass is 16.5. The number of benzene rings is 1. The molecule has 152 valence electrons. The Labute approximate surface area is 163 Å². The summed E-state index contributed by atoms with van der Waals surface area (Å²) < 4.78 is 7.27. The Morgan fingerprint density at radius 2 is 1.72 bits per heavy atom. The second-order valence-corrected chi connectivity index (χ2v) is 6.77. The summed E-state index contributed by atoms with van der Waals surface area (Å²) in [5.74, 6) is -0.467. The van der Waals surface area contributed by atoms with Crippen molar-refractivity contribution in [2.24, 2.45) is 19.1 Å². The third-order valence-corrected chi connectivity index (χ3v) is 4.96. The summed E-state index contributed by atoms with van der Waals surface area (Å²) in [5.41, 5.74) is 0.735. The molecule has 0 aliphatic carbocycles. The minimum atomic E-state index is -0.654. The van der Waals surface area contributed by atoms with E-state index >= 15 is 0 Å². The van der Waals surface area contributed by atoms with E-state index in [0.29, 0.717) is 43.0 Å². The van der Waals surface area contributed by atoms with Crippen LogP contribution in [0, 0.1) is 0 Å². The number of anilines is 1. The molecule has 0 unspecified atom stereocenters. The number of aromatic nitrogens is 4. The molecule has 2 aromatic heterocycles. The fraction of sp³-hybridized carbons (Fsp3) is 0.333. The number of ether oxygens (including phenoxy) is 1. The molecule has 1 saturated heterocycles. The van der Waals surface area contributed by atoms with E-state index in [2.05, 4.69) is 19.9 Å². The monoisotopic (exact) mass is 400 g/mol. The van der Waals surface area contributed by atoms with Crippen molar-refractivity contribution >= 4 is 28.6 Å². The van der Waals surface area contributed by atoms with Gasteiger partial charge in [-0.25, -0.2) is 9.59 Å². The van der Waals surface area contributed by atoms with Gasteiger partial charge in [-0.3, -0.25) is 18.9 Å². The number of imidazole rings is 1. The summed E-state index contributed by atoms with van der Waals surface area (Å²) in [5, 5.41) is 10.2. The third-order valence-electron chi connectivity index (χ3n) is 4.96. The number of H-pyrrole nitrogens is 2. The highest BCUT2D eigenvalue weighted by Crippen LogP contribution is 2.32. The van der Waals surface area contributed by atoms with Gasteiger partial charge in [0.15, 0.2) is 0 Å². The fourth-order valence-electron chi connectivity index (χ4n) is 3.33. The van der Waals surface area contributed by atoms with Crippen LogP contribution in [0.2, 0.25) is 0 Å². The molecule has 1 aliphatic heterocycles. The fourth-order valence-corrected chi connectivity index (χ4v) is 3.33. The quantitative estimate of drug-likeness (QED) is 0.509. The Hall–Kier alpha value is -3.60. The van der Waals surface area contributed by atoms with E-state index in [-0.39, 0.29) is 11.3 Å². The molecule has 11 nitrogen and oxygen atoms in total. The van der Waals surface area contributed by atoms with Gasteiger partial charge in [0.05, 0.1) is 35.6 Å². The van der Waals surface area contributed by atoms with Crippen LogP contribution in [0.1, 0.15) is 5.56 Å². The van der Waals surface area contributed by atoms with Crippen molar-refractivity contribution in [1.82, 2.24) is 19.1 Å². The number of aromatic amines is 2. The highest BCUT2D eigenvalue weighted by molar-refractivity contribution is 5.91. The molecule has 0 saturated carbocycles. The van der Waals surface area contributed by atoms with Crippen LogP contribution in [0.4, 0.5) is 11.4 Å². The van der Waals surface area contributed by atoms with E-state index in [9.17, 15) is 19.5 Å². The minimum Gasteiger partial charge on any atom is -0.494 e. The number of aromatic hydroxyl groups is 1. The van der Waals surface area contributed by atoms with Crippen molar-refractivity contribution in [3.63, 3.8) is 0 Å². The second kappa shape index (κ2) is 7.09. The van der Waals surface area contributed by atoms with E-state index in [0.717, 1.165) is 14.8 Å². The van der Waals surface area contributed by atoms with E-state index in [4.69, 9.17) is 4.74 Å². The molecule has 0 radical (unpaired) electrons. The molecule has 4 rings (SSSR count). The van der Waals surface area contributed by atoms with Gasteiger partial charge in [-0.1, -0.05) is 0 Å². The first-order valence-corrected chi connectivity index (χ1v) is 8.98. The predicted molar refractivity (Wildman–Crippen MR) is 108 cm³/mol. The van der Waals surface area contributed by atoms with Gasteiger partial charge in [0.25, 0.3) is 5.56 Å². The Morgan fingerprint density at radius 3 is 2.41 bits per heavy atom. The normalized spacial score (nSPS) is 14.9. The molecule has 1 aliphatic rings. The summed E-state index contributed by atoms with van der Waals surface area (Å²) in [6, 6.07) is 3.50. The Balaban J connectivity index is 1.86. The van der Waals surface area contributed by atoms with Gasteiger partial charge in [-0.05, 0) is 12.1 Å². The Kier molecular flexibility index (Phi) is 4.59. The lowest BCUT2D eigenvalue weighted by molar-refractivity contribution is 0.123. The third kappa shape index (κ3) is 3.25. The van der Waals surface area contributed by atoms with Gasteiger partial charge >= 0.3 is 11.4 Å². The SMILES string of the molecule is Cn1c(O)c(C=Nc2cc3[nH]c(=O)[nH]c3cc2N2CCOCC2)c(=O)n(C)c1=O. The first kappa shape index (κ1) is 18.7.